The van der Waals surface area contributed by atoms with Crippen LogP contribution in [0.25, 0.3) is 11.0 Å². The predicted octanol–water partition coefficient (Wildman–Crippen LogP) is 3.94. The van der Waals surface area contributed by atoms with Crippen LogP contribution in [0.15, 0.2) is 18.2 Å². The molecule has 2 rings (SSSR count). The van der Waals surface area contributed by atoms with Crippen molar-refractivity contribution in [2.75, 3.05) is 19.0 Å². The van der Waals surface area contributed by atoms with Crippen molar-refractivity contribution in [3.8, 4) is 0 Å². The van der Waals surface area contributed by atoms with E-state index in [1.165, 1.54) is 0 Å². The molecule has 0 spiro atoms. The van der Waals surface area contributed by atoms with Gasteiger partial charge in [0.15, 0.2) is 0 Å². The molecule has 21 heavy (non-hydrogen) atoms. The summed E-state index contributed by atoms with van der Waals surface area (Å²) in [6.45, 7) is 11.6. The largest absolute Gasteiger partial charge is 0.383 e. The highest BCUT2D eigenvalue weighted by Gasteiger charge is 2.18. The second kappa shape index (κ2) is 6.06. The zero-order chi connectivity index (χ0) is 15.6. The third-order valence-electron chi connectivity index (χ3n) is 3.70. The maximum Gasteiger partial charge on any atom is 0.112 e. The summed E-state index contributed by atoms with van der Waals surface area (Å²) in [4.78, 5) is 8.10. The molecule has 0 saturated heterocycles. The molecule has 1 aromatic carbocycles. The first kappa shape index (κ1) is 15.8. The molecular formula is C17H27N3O. The van der Waals surface area contributed by atoms with Crippen molar-refractivity contribution < 1.29 is 4.74 Å². The van der Waals surface area contributed by atoms with Crippen LogP contribution in [0, 0.1) is 5.92 Å². The van der Waals surface area contributed by atoms with Crippen molar-refractivity contribution in [2.24, 2.45) is 5.92 Å². The van der Waals surface area contributed by atoms with Gasteiger partial charge >= 0.3 is 0 Å². The Bertz CT molecular complexity index is 596. The minimum Gasteiger partial charge on any atom is -0.383 e. The highest BCUT2D eigenvalue weighted by Crippen LogP contribution is 2.25. The third-order valence-corrected chi connectivity index (χ3v) is 3.70. The van der Waals surface area contributed by atoms with Gasteiger partial charge in [-0.3, -0.25) is 0 Å². The second-order valence-electron chi connectivity index (χ2n) is 7.02. The molecule has 1 atom stereocenters. The lowest BCUT2D eigenvalue weighted by molar-refractivity contribution is 0.171. The molecule has 0 fully saturated rings. The van der Waals surface area contributed by atoms with Crippen LogP contribution in [0.4, 0.5) is 5.69 Å². The van der Waals surface area contributed by atoms with E-state index in [9.17, 15) is 0 Å². The van der Waals surface area contributed by atoms with Gasteiger partial charge < -0.3 is 15.0 Å². The van der Waals surface area contributed by atoms with Crippen LogP contribution in [-0.4, -0.2) is 29.7 Å². The molecule has 1 unspecified atom stereocenters. The molecule has 116 valence electrons. The van der Waals surface area contributed by atoms with E-state index in [-0.39, 0.29) is 5.41 Å². The lowest BCUT2D eigenvalue weighted by Crippen LogP contribution is -2.30. The van der Waals surface area contributed by atoms with Crippen LogP contribution in [0.2, 0.25) is 0 Å². The average molecular weight is 289 g/mol. The number of H-pyrrole nitrogens is 1. The first-order valence-corrected chi connectivity index (χ1v) is 7.57. The molecule has 0 aliphatic rings. The van der Waals surface area contributed by atoms with E-state index in [0.717, 1.165) is 22.5 Å². The molecule has 2 N–H and O–H groups in total. The molecule has 0 amide bonds. The molecule has 2 aromatic rings. The number of hydrogen-bond donors (Lipinski definition) is 2. The number of rotatable bonds is 5. The molecule has 1 aromatic heterocycles. The van der Waals surface area contributed by atoms with Crippen molar-refractivity contribution in [3.63, 3.8) is 0 Å². The summed E-state index contributed by atoms with van der Waals surface area (Å²) in [6, 6.07) is 6.58. The number of nitrogens with one attached hydrogen (secondary N) is 2. The van der Waals surface area contributed by atoms with Crippen LogP contribution in [0.1, 0.15) is 40.4 Å². The fraction of sp³-hybridized carbons (Fsp3) is 0.588. The molecule has 1 heterocycles. The van der Waals surface area contributed by atoms with Gasteiger partial charge in [0.2, 0.25) is 0 Å². The Balaban J connectivity index is 2.26. The second-order valence-corrected chi connectivity index (χ2v) is 7.02. The molecule has 4 heteroatoms. The van der Waals surface area contributed by atoms with Gasteiger partial charge in [-0.05, 0) is 24.1 Å². The first-order valence-electron chi connectivity index (χ1n) is 7.57. The van der Waals surface area contributed by atoms with E-state index in [1.807, 2.05) is 0 Å². The average Bonchev–Trinajstić information content (AvgIpc) is 2.81. The summed E-state index contributed by atoms with van der Waals surface area (Å²) >= 11 is 0. The highest BCUT2D eigenvalue weighted by atomic mass is 16.5. The summed E-state index contributed by atoms with van der Waals surface area (Å²) in [5.74, 6) is 1.53. The maximum atomic E-state index is 5.29. The Morgan fingerprint density at radius 2 is 2.00 bits per heavy atom. The Hall–Kier alpha value is -1.55. The van der Waals surface area contributed by atoms with Gasteiger partial charge in [0.05, 0.1) is 23.7 Å². The van der Waals surface area contributed by atoms with E-state index in [4.69, 9.17) is 4.74 Å². The zero-order valence-electron chi connectivity index (χ0n) is 13.9. The van der Waals surface area contributed by atoms with Crippen LogP contribution in [0.5, 0.6) is 0 Å². The van der Waals surface area contributed by atoms with E-state index >= 15 is 0 Å². The number of fused-ring (bicyclic) bond motifs is 1. The molecular weight excluding hydrogens is 262 g/mol. The third kappa shape index (κ3) is 3.76. The van der Waals surface area contributed by atoms with Crippen LogP contribution in [-0.2, 0) is 10.2 Å². The summed E-state index contributed by atoms with van der Waals surface area (Å²) in [7, 11) is 1.74. The first-order chi connectivity index (χ1) is 9.81. The van der Waals surface area contributed by atoms with E-state index in [2.05, 4.69) is 68.1 Å². The number of aromatic amines is 1. The van der Waals surface area contributed by atoms with E-state index < -0.39 is 0 Å². The Morgan fingerprint density at radius 1 is 1.29 bits per heavy atom. The number of anilines is 1. The quantitative estimate of drug-likeness (QED) is 0.876. The van der Waals surface area contributed by atoms with Gasteiger partial charge in [0.25, 0.3) is 0 Å². The monoisotopic (exact) mass is 289 g/mol. The van der Waals surface area contributed by atoms with Crippen LogP contribution < -0.4 is 5.32 Å². The van der Waals surface area contributed by atoms with Crippen molar-refractivity contribution >= 4 is 16.7 Å². The number of imidazole rings is 1. The van der Waals surface area contributed by atoms with Crippen LogP contribution in [0.3, 0.4) is 0 Å². The Kier molecular flexibility index (Phi) is 4.57. The highest BCUT2D eigenvalue weighted by molar-refractivity contribution is 5.79. The van der Waals surface area contributed by atoms with E-state index in [1.54, 1.807) is 7.11 Å². The fourth-order valence-electron chi connectivity index (χ4n) is 2.25. The number of ether oxygens (including phenoxy) is 1. The smallest absolute Gasteiger partial charge is 0.112 e. The van der Waals surface area contributed by atoms with Gasteiger partial charge in [0, 0.05) is 18.2 Å². The van der Waals surface area contributed by atoms with E-state index in [0.29, 0.717) is 18.6 Å². The molecule has 0 saturated carbocycles. The molecule has 0 aliphatic heterocycles. The lowest BCUT2D eigenvalue weighted by Gasteiger charge is -2.22. The predicted molar refractivity (Wildman–Crippen MR) is 88.9 cm³/mol. The number of hydrogen-bond acceptors (Lipinski definition) is 3. The van der Waals surface area contributed by atoms with Crippen molar-refractivity contribution in [1.29, 1.82) is 0 Å². The standard InChI is InChI=1S/C17H27N3O/c1-11(2)15(10-21-6)18-12-7-8-13-14(9-12)20-16(19-13)17(3,4)5/h7-9,11,15,18H,10H2,1-6H3,(H,19,20). The topological polar surface area (TPSA) is 49.9 Å². The van der Waals surface area contributed by atoms with Gasteiger partial charge in [-0.25, -0.2) is 4.98 Å². The lowest BCUT2D eigenvalue weighted by atomic mass is 9.96. The molecule has 0 bridgehead atoms. The summed E-state index contributed by atoms with van der Waals surface area (Å²) < 4.78 is 5.29. The van der Waals surface area contributed by atoms with Crippen molar-refractivity contribution in [2.45, 2.75) is 46.1 Å². The zero-order valence-corrected chi connectivity index (χ0v) is 13.9. The Labute approximate surface area is 127 Å². The minimum atomic E-state index is 0.0309. The van der Waals surface area contributed by atoms with Gasteiger partial charge in [-0.2, -0.15) is 0 Å². The van der Waals surface area contributed by atoms with Gasteiger partial charge in [-0.1, -0.05) is 34.6 Å². The van der Waals surface area contributed by atoms with Crippen LogP contribution >= 0.6 is 0 Å². The molecule has 4 nitrogen and oxygen atoms in total. The minimum absolute atomic E-state index is 0.0309. The molecule has 0 aliphatic carbocycles. The number of methoxy groups -OCH3 is 1. The van der Waals surface area contributed by atoms with Crippen molar-refractivity contribution in [1.82, 2.24) is 9.97 Å². The normalized spacial score (nSPS) is 13.9. The van der Waals surface area contributed by atoms with Gasteiger partial charge in [0.1, 0.15) is 5.82 Å². The summed E-state index contributed by atoms with van der Waals surface area (Å²) in [5, 5.41) is 3.55. The number of aromatic nitrogens is 2. The molecule has 0 radical (unpaired) electrons. The number of nitrogens with zero attached hydrogens (tertiary/aromatic N) is 1. The van der Waals surface area contributed by atoms with Crippen molar-refractivity contribution in [3.05, 3.63) is 24.0 Å². The fourth-order valence-corrected chi connectivity index (χ4v) is 2.25. The number of benzene rings is 1. The Morgan fingerprint density at radius 3 is 2.57 bits per heavy atom. The summed E-state index contributed by atoms with van der Waals surface area (Å²) in [6.07, 6.45) is 0. The maximum absolute atomic E-state index is 5.29. The summed E-state index contributed by atoms with van der Waals surface area (Å²) in [5.41, 5.74) is 3.22. The van der Waals surface area contributed by atoms with Gasteiger partial charge in [-0.15, -0.1) is 0 Å². The SMILES string of the molecule is COCC(Nc1ccc2nc(C(C)(C)C)[nH]c2c1)C(C)C.